The fourth-order valence-corrected chi connectivity index (χ4v) is 2.97. The molecule has 1 aromatic carbocycles. The molecule has 0 radical (unpaired) electrons. The van der Waals surface area contributed by atoms with E-state index in [2.05, 4.69) is 10.1 Å². The van der Waals surface area contributed by atoms with Crippen LogP contribution in [0.4, 0.5) is 10.5 Å². The number of nitrogens with two attached hydrogens (primary N) is 2. The second kappa shape index (κ2) is 5.98. The lowest BCUT2D eigenvalue weighted by Gasteiger charge is -2.04. The molecule has 0 saturated carbocycles. The van der Waals surface area contributed by atoms with Crippen molar-refractivity contribution in [3.63, 3.8) is 0 Å². The highest BCUT2D eigenvalue weighted by atomic mass is 35.5. The molecule has 2 aromatic rings. The van der Waals surface area contributed by atoms with E-state index in [-0.39, 0.29) is 19.1 Å². The van der Waals surface area contributed by atoms with Crippen LogP contribution in [0.25, 0.3) is 10.1 Å². The first-order valence-corrected chi connectivity index (χ1v) is 6.86. The second-order valence-corrected chi connectivity index (χ2v) is 5.40. The van der Waals surface area contributed by atoms with Crippen molar-refractivity contribution >= 4 is 50.7 Å². The minimum atomic E-state index is -0.879. The summed E-state index contributed by atoms with van der Waals surface area (Å²) >= 11 is 7.15. The Hall–Kier alpha value is -1.99. The molecule has 0 atom stereocenters. The number of hydrogen-bond acceptors (Lipinski definition) is 5. The molecular formula is C12H12ClN3O3S. The minimum Gasteiger partial charge on any atom is -0.448 e. The number of thiophene rings is 1. The Balaban J connectivity index is 2.10. The van der Waals surface area contributed by atoms with Gasteiger partial charge in [0.15, 0.2) is 0 Å². The molecule has 0 saturated heterocycles. The molecule has 0 spiro atoms. The van der Waals surface area contributed by atoms with E-state index in [9.17, 15) is 9.59 Å². The van der Waals surface area contributed by atoms with Gasteiger partial charge in [-0.25, -0.2) is 4.79 Å². The number of fused-ring (bicyclic) bond motifs is 1. The number of rotatable bonds is 4. The Labute approximate surface area is 123 Å². The summed E-state index contributed by atoms with van der Waals surface area (Å²) in [6.07, 6.45) is -0.879. The van der Waals surface area contributed by atoms with E-state index in [0.717, 1.165) is 10.1 Å². The van der Waals surface area contributed by atoms with Crippen molar-refractivity contribution in [2.45, 2.75) is 0 Å². The highest BCUT2D eigenvalue weighted by Gasteiger charge is 2.16. The average Bonchev–Trinajstić information content (AvgIpc) is 2.71. The maximum absolute atomic E-state index is 12.0. The number of nitrogens with one attached hydrogen (secondary N) is 1. The molecule has 0 aliphatic heterocycles. The van der Waals surface area contributed by atoms with Crippen LogP contribution < -0.4 is 16.8 Å². The lowest BCUT2D eigenvalue weighted by Crippen LogP contribution is -2.28. The highest BCUT2D eigenvalue weighted by Crippen LogP contribution is 2.35. The van der Waals surface area contributed by atoms with Crippen LogP contribution in [0.5, 0.6) is 0 Å². The van der Waals surface area contributed by atoms with Crippen molar-refractivity contribution in [1.82, 2.24) is 5.32 Å². The van der Waals surface area contributed by atoms with E-state index in [0.29, 0.717) is 15.6 Å². The number of ether oxygens (including phenoxy) is 1. The average molecular weight is 314 g/mol. The summed E-state index contributed by atoms with van der Waals surface area (Å²) in [6.45, 7) is 0.175. The summed E-state index contributed by atoms with van der Waals surface area (Å²) in [7, 11) is 0. The van der Waals surface area contributed by atoms with Gasteiger partial charge in [-0.1, -0.05) is 11.6 Å². The smallest absolute Gasteiger partial charge is 0.404 e. The number of carbonyl (C=O) groups excluding carboxylic acids is 2. The number of primary amides is 1. The van der Waals surface area contributed by atoms with E-state index in [1.54, 1.807) is 18.2 Å². The number of hydrogen-bond donors (Lipinski definition) is 3. The van der Waals surface area contributed by atoms with E-state index in [1.807, 2.05) is 0 Å². The van der Waals surface area contributed by atoms with Gasteiger partial charge in [0.05, 0.1) is 12.2 Å². The molecule has 0 fully saturated rings. The van der Waals surface area contributed by atoms with E-state index < -0.39 is 6.09 Å². The number of halogens is 1. The van der Waals surface area contributed by atoms with Crippen LogP contribution in [-0.4, -0.2) is 25.2 Å². The van der Waals surface area contributed by atoms with Gasteiger partial charge in [0.2, 0.25) is 0 Å². The number of benzene rings is 1. The Morgan fingerprint density at radius 3 is 2.85 bits per heavy atom. The summed E-state index contributed by atoms with van der Waals surface area (Å²) in [4.78, 5) is 22.8. The summed E-state index contributed by atoms with van der Waals surface area (Å²) in [5.74, 6) is -0.326. The first-order chi connectivity index (χ1) is 9.49. The van der Waals surface area contributed by atoms with Crippen LogP contribution in [-0.2, 0) is 4.74 Å². The zero-order valence-electron chi connectivity index (χ0n) is 10.3. The van der Waals surface area contributed by atoms with Crippen molar-refractivity contribution < 1.29 is 14.3 Å². The fourth-order valence-electron chi connectivity index (χ4n) is 1.66. The Morgan fingerprint density at radius 2 is 2.15 bits per heavy atom. The third-order valence-electron chi connectivity index (χ3n) is 2.53. The van der Waals surface area contributed by atoms with Crippen LogP contribution in [0.15, 0.2) is 18.2 Å². The van der Waals surface area contributed by atoms with Gasteiger partial charge in [0, 0.05) is 15.1 Å². The third kappa shape index (κ3) is 3.12. The molecule has 8 heteroatoms. The predicted octanol–water partition coefficient (Wildman–Crippen LogP) is 1.96. The number of amides is 2. The fraction of sp³-hybridized carbons (Fsp3) is 0.167. The maximum atomic E-state index is 12.0. The van der Waals surface area contributed by atoms with E-state index in [1.165, 1.54) is 11.3 Å². The quantitative estimate of drug-likeness (QED) is 0.750. The van der Waals surface area contributed by atoms with Gasteiger partial charge in [0.1, 0.15) is 11.5 Å². The second-order valence-electron chi connectivity index (χ2n) is 3.91. The van der Waals surface area contributed by atoms with Gasteiger partial charge < -0.3 is 21.5 Å². The molecule has 0 aliphatic rings. The van der Waals surface area contributed by atoms with Crippen molar-refractivity contribution in [3.05, 3.63) is 28.1 Å². The lowest BCUT2D eigenvalue weighted by molar-refractivity contribution is 0.0941. The summed E-state index contributed by atoms with van der Waals surface area (Å²) in [6, 6.07) is 5.25. The van der Waals surface area contributed by atoms with Crippen molar-refractivity contribution in [1.29, 1.82) is 0 Å². The van der Waals surface area contributed by atoms with Gasteiger partial charge in [-0.2, -0.15) is 0 Å². The molecular weight excluding hydrogens is 302 g/mol. The lowest BCUT2D eigenvalue weighted by atomic mass is 10.2. The molecule has 1 heterocycles. The molecule has 20 heavy (non-hydrogen) atoms. The first-order valence-electron chi connectivity index (χ1n) is 5.67. The van der Waals surface area contributed by atoms with Crippen LogP contribution >= 0.6 is 22.9 Å². The molecule has 106 valence electrons. The van der Waals surface area contributed by atoms with Crippen molar-refractivity contribution in [3.8, 4) is 0 Å². The van der Waals surface area contributed by atoms with Crippen molar-refractivity contribution in [2.75, 3.05) is 18.9 Å². The molecule has 2 amide bonds. The van der Waals surface area contributed by atoms with Crippen LogP contribution in [0, 0.1) is 0 Å². The Bertz CT molecular complexity index is 671. The molecule has 0 bridgehead atoms. The molecule has 0 unspecified atom stereocenters. The largest absolute Gasteiger partial charge is 0.448 e. The Kier molecular flexibility index (Phi) is 4.31. The zero-order valence-corrected chi connectivity index (χ0v) is 11.9. The van der Waals surface area contributed by atoms with E-state index >= 15 is 0 Å². The summed E-state index contributed by atoms with van der Waals surface area (Å²) in [5.41, 5.74) is 11.2. The van der Waals surface area contributed by atoms with Crippen LogP contribution in [0.2, 0.25) is 5.02 Å². The zero-order chi connectivity index (χ0) is 14.7. The number of nitrogen functional groups attached to an aromatic ring is 1. The standard InChI is InChI=1S/C12H12ClN3O3S/c13-6-1-2-7-8(5-6)20-10(9(7)14)11(17)16-3-4-19-12(15)18/h1-2,5H,3-4,14H2,(H2,15,18)(H,16,17). The number of carbonyl (C=O) groups is 2. The van der Waals surface area contributed by atoms with Gasteiger partial charge in [-0.3, -0.25) is 4.79 Å². The van der Waals surface area contributed by atoms with Crippen molar-refractivity contribution in [2.24, 2.45) is 5.73 Å². The summed E-state index contributed by atoms with van der Waals surface area (Å²) < 4.78 is 5.35. The van der Waals surface area contributed by atoms with Crippen LogP contribution in [0.3, 0.4) is 0 Å². The molecule has 1 aromatic heterocycles. The minimum absolute atomic E-state index is 0.0116. The normalized spacial score (nSPS) is 10.4. The van der Waals surface area contributed by atoms with Gasteiger partial charge in [-0.05, 0) is 18.2 Å². The number of anilines is 1. The first kappa shape index (κ1) is 14.4. The molecule has 0 aliphatic carbocycles. The molecule has 2 rings (SSSR count). The van der Waals surface area contributed by atoms with Gasteiger partial charge in [-0.15, -0.1) is 11.3 Å². The maximum Gasteiger partial charge on any atom is 0.404 e. The highest BCUT2D eigenvalue weighted by molar-refractivity contribution is 7.21. The monoisotopic (exact) mass is 313 g/mol. The molecule has 6 nitrogen and oxygen atoms in total. The third-order valence-corrected chi connectivity index (χ3v) is 3.93. The van der Waals surface area contributed by atoms with Gasteiger partial charge >= 0.3 is 6.09 Å². The van der Waals surface area contributed by atoms with Crippen LogP contribution in [0.1, 0.15) is 9.67 Å². The SMILES string of the molecule is NC(=O)OCCNC(=O)c1sc2cc(Cl)ccc2c1N. The topological polar surface area (TPSA) is 107 Å². The Morgan fingerprint density at radius 1 is 1.40 bits per heavy atom. The summed E-state index contributed by atoms with van der Waals surface area (Å²) in [5, 5.41) is 3.97. The van der Waals surface area contributed by atoms with Gasteiger partial charge in [0.25, 0.3) is 5.91 Å². The molecule has 5 N–H and O–H groups in total. The predicted molar refractivity (Wildman–Crippen MR) is 79.1 cm³/mol. The van der Waals surface area contributed by atoms with E-state index in [4.69, 9.17) is 23.1 Å².